The molecule has 0 aromatic heterocycles. The molecule has 5 rings (SSSR count). The number of ketones is 2. The van der Waals surface area contributed by atoms with E-state index in [2.05, 4.69) is 5.32 Å². The molecule has 3 aromatic rings. The third kappa shape index (κ3) is 3.70. The fourth-order valence-corrected chi connectivity index (χ4v) is 5.47. The summed E-state index contributed by atoms with van der Waals surface area (Å²) in [5, 5.41) is 76.7. The molecular weight excluding hydrogens is 542 g/mol. The van der Waals surface area contributed by atoms with Crippen molar-refractivity contribution in [1.29, 1.82) is 0 Å². The van der Waals surface area contributed by atoms with Crippen LogP contribution in [0.3, 0.4) is 0 Å². The van der Waals surface area contributed by atoms with Crippen molar-refractivity contribution in [1.82, 2.24) is 5.32 Å². The van der Waals surface area contributed by atoms with Gasteiger partial charge < -0.3 is 45.8 Å². The smallest absolute Gasteiger partial charge is 0.325 e. The average Bonchev–Trinajstić information content (AvgIpc) is 2.89. The monoisotopic (exact) mass is 565 g/mol. The lowest BCUT2D eigenvalue weighted by molar-refractivity contribution is -0.138. The van der Waals surface area contributed by atoms with Gasteiger partial charge in [0, 0.05) is 28.3 Å². The molecule has 1 amide bonds. The first-order valence-corrected chi connectivity index (χ1v) is 12.1. The molecule has 0 spiro atoms. The lowest BCUT2D eigenvalue weighted by atomic mass is 9.73. The Balaban J connectivity index is 1.87. The van der Waals surface area contributed by atoms with Gasteiger partial charge in [0.1, 0.15) is 47.0 Å². The van der Waals surface area contributed by atoms with Crippen LogP contribution in [0.5, 0.6) is 28.7 Å². The van der Waals surface area contributed by atoms with Gasteiger partial charge in [0.15, 0.2) is 5.78 Å². The van der Waals surface area contributed by atoms with E-state index in [1.54, 1.807) is 0 Å². The van der Waals surface area contributed by atoms with Crippen molar-refractivity contribution in [2.45, 2.75) is 32.1 Å². The summed E-state index contributed by atoms with van der Waals surface area (Å²) >= 11 is 0. The highest BCUT2D eigenvalue weighted by molar-refractivity contribution is 6.32. The van der Waals surface area contributed by atoms with Crippen LogP contribution in [-0.4, -0.2) is 72.3 Å². The number of methoxy groups -OCH3 is 1. The summed E-state index contributed by atoms with van der Waals surface area (Å²) in [5.41, 5.74) is -3.79. The van der Waals surface area contributed by atoms with Crippen LogP contribution < -0.4 is 10.1 Å². The average molecular weight is 565 g/mol. The molecule has 0 bridgehead atoms. The molecule has 0 heterocycles. The predicted octanol–water partition coefficient (Wildman–Crippen LogP) is 1.55. The van der Waals surface area contributed by atoms with E-state index in [0.29, 0.717) is 0 Å². The number of aliphatic hydroxyl groups is 2. The van der Waals surface area contributed by atoms with Gasteiger partial charge in [-0.15, -0.1) is 0 Å². The number of phenolic OH excluding ortho intramolecular Hbond substituents is 4. The van der Waals surface area contributed by atoms with Gasteiger partial charge in [-0.2, -0.15) is 0 Å². The van der Waals surface area contributed by atoms with Crippen LogP contribution in [0.4, 0.5) is 0 Å². The van der Waals surface area contributed by atoms with Crippen molar-refractivity contribution >= 4 is 23.4 Å². The number of fused-ring (bicyclic) bond motifs is 5. The second kappa shape index (κ2) is 9.21. The first-order chi connectivity index (χ1) is 19.2. The molecular formula is C28H23NO12. The summed E-state index contributed by atoms with van der Waals surface area (Å²) in [6.07, 6.45) is -3.65. The Labute approximate surface area is 230 Å². The lowest BCUT2D eigenvalue weighted by Gasteiger charge is -2.34. The van der Waals surface area contributed by atoms with Crippen LogP contribution >= 0.6 is 0 Å². The van der Waals surface area contributed by atoms with Crippen LogP contribution in [0.2, 0.25) is 0 Å². The zero-order valence-corrected chi connectivity index (χ0v) is 21.6. The Morgan fingerprint density at radius 3 is 2.15 bits per heavy atom. The molecule has 2 aliphatic rings. The third-order valence-electron chi connectivity index (χ3n) is 7.33. The van der Waals surface area contributed by atoms with Crippen molar-refractivity contribution in [3.8, 4) is 39.9 Å². The molecule has 0 aliphatic heterocycles. The number of carbonyl (C=O) groups excluding carboxylic acids is 3. The van der Waals surface area contributed by atoms with Crippen molar-refractivity contribution in [3.05, 3.63) is 62.7 Å². The number of carboxylic acid groups (broad SMARTS) is 1. The van der Waals surface area contributed by atoms with E-state index >= 15 is 0 Å². The van der Waals surface area contributed by atoms with E-state index in [1.807, 2.05) is 0 Å². The molecule has 13 heteroatoms. The van der Waals surface area contributed by atoms with Crippen LogP contribution in [0.25, 0.3) is 11.1 Å². The zero-order chi connectivity index (χ0) is 30.2. The number of nitrogens with one attached hydrogen (secondary N) is 1. The number of ether oxygens (including phenoxy) is 1. The molecule has 2 aliphatic carbocycles. The maximum Gasteiger partial charge on any atom is 0.325 e. The fraction of sp³-hybridized carbons (Fsp3) is 0.214. The Morgan fingerprint density at radius 1 is 0.878 bits per heavy atom. The summed E-state index contributed by atoms with van der Waals surface area (Å²) in [4.78, 5) is 51.5. The van der Waals surface area contributed by atoms with Gasteiger partial charge in [-0.25, -0.2) is 0 Å². The Hall–Kier alpha value is -5.14. The van der Waals surface area contributed by atoms with E-state index in [4.69, 9.17) is 4.74 Å². The van der Waals surface area contributed by atoms with Gasteiger partial charge in [0.25, 0.3) is 5.91 Å². The maximum absolute atomic E-state index is 13.6. The molecule has 3 aromatic carbocycles. The number of benzene rings is 3. The second-order valence-electron chi connectivity index (χ2n) is 9.77. The van der Waals surface area contributed by atoms with Gasteiger partial charge in [0.05, 0.1) is 29.4 Å². The number of hydrogen-bond acceptors (Lipinski definition) is 11. The minimum Gasteiger partial charge on any atom is -0.508 e. The number of phenols is 4. The minimum atomic E-state index is -1.87. The standard InChI is InChI=1S/C28H23NO12/c1-7-4-10-15(22(34)13(7)27(38)29-8(2)28(39)40)16-18(25(37)21(10)33)26(41-3)19-17(24(16)36)20(32)11-5-9(30)6-12(31)14(11)23(19)35/h4-6,8,21,25,30-31,33-34,36-37H,1-3H3,(H,29,38)(H,39,40)/t8-,21+,25+/m1/s1. The van der Waals surface area contributed by atoms with Crippen LogP contribution in [0.1, 0.15) is 78.0 Å². The molecule has 13 nitrogen and oxygen atoms in total. The van der Waals surface area contributed by atoms with Gasteiger partial charge in [-0.1, -0.05) is 6.07 Å². The zero-order valence-electron chi connectivity index (χ0n) is 21.6. The molecule has 41 heavy (non-hydrogen) atoms. The first kappa shape index (κ1) is 27.4. The highest BCUT2D eigenvalue weighted by Gasteiger charge is 2.46. The largest absolute Gasteiger partial charge is 0.508 e. The van der Waals surface area contributed by atoms with Crippen LogP contribution in [0.15, 0.2) is 18.2 Å². The number of amides is 1. The van der Waals surface area contributed by atoms with Crippen molar-refractivity contribution in [2.75, 3.05) is 7.11 Å². The van der Waals surface area contributed by atoms with Crippen molar-refractivity contribution in [2.24, 2.45) is 0 Å². The van der Waals surface area contributed by atoms with Crippen LogP contribution in [-0.2, 0) is 4.79 Å². The van der Waals surface area contributed by atoms with Crippen molar-refractivity contribution < 1.29 is 59.7 Å². The highest BCUT2D eigenvalue weighted by atomic mass is 16.5. The van der Waals surface area contributed by atoms with Gasteiger partial charge >= 0.3 is 5.97 Å². The van der Waals surface area contributed by atoms with E-state index < -0.39 is 109 Å². The summed E-state index contributed by atoms with van der Waals surface area (Å²) in [7, 11) is 1.09. The van der Waals surface area contributed by atoms with E-state index in [9.17, 15) is 54.9 Å². The first-order valence-electron chi connectivity index (χ1n) is 12.1. The third-order valence-corrected chi connectivity index (χ3v) is 7.33. The number of carboxylic acids is 1. The van der Waals surface area contributed by atoms with E-state index in [-0.39, 0.29) is 16.7 Å². The number of carbonyl (C=O) groups is 4. The molecule has 212 valence electrons. The van der Waals surface area contributed by atoms with Crippen LogP contribution in [0, 0.1) is 6.92 Å². The predicted molar refractivity (Wildman–Crippen MR) is 138 cm³/mol. The minimum absolute atomic E-state index is 0.0848. The summed E-state index contributed by atoms with van der Waals surface area (Å²) in [6, 6.07) is 1.65. The molecule has 3 atom stereocenters. The summed E-state index contributed by atoms with van der Waals surface area (Å²) in [5.74, 6) is -7.82. The SMILES string of the molecule is COc1c2c(c(O)c3c1[C@H](O)[C@@H](O)c1cc(C)c(C(=O)N[C@H](C)C(=O)O)c(O)c1-3)C(=O)c1cc(O)cc(O)c1C2=O. The Kier molecular flexibility index (Phi) is 6.16. The number of rotatable bonds is 4. The van der Waals surface area contributed by atoms with Gasteiger partial charge in [0.2, 0.25) is 5.78 Å². The van der Waals surface area contributed by atoms with Crippen molar-refractivity contribution in [3.63, 3.8) is 0 Å². The Bertz CT molecular complexity index is 1740. The quantitative estimate of drug-likeness (QED) is 0.176. The number of hydrogen-bond donors (Lipinski definition) is 8. The number of aliphatic hydroxyl groups excluding tert-OH is 2. The number of aromatic hydroxyl groups is 4. The fourth-order valence-electron chi connectivity index (χ4n) is 5.47. The topological polar surface area (TPSA) is 231 Å². The Morgan fingerprint density at radius 2 is 1.54 bits per heavy atom. The number of aliphatic carboxylic acids is 1. The molecule has 0 saturated heterocycles. The van der Waals surface area contributed by atoms with E-state index in [0.717, 1.165) is 19.2 Å². The summed E-state index contributed by atoms with van der Waals surface area (Å²) in [6.45, 7) is 2.58. The van der Waals surface area contributed by atoms with E-state index in [1.165, 1.54) is 19.9 Å². The lowest BCUT2D eigenvalue weighted by Crippen LogP contribution is -2.38. The summed E-state index contributed by atoms with van der Waals surface area (Å²) < 4.78 is 5.40. The van der Waals surface area contributed by atoms with Gasteiger partial charge in [-0.3, -0.25) is 19.2 Å². The highest BCUT2D eigenvalue weighted by Crippen LogP contribution is 2.58. The molecule has 0 unspecified atom stereocenters. The van der Waals surface area contributed by atoms with Gasteiger partial charge in [-0.05, 0) is 31.0 Å². The molecule has 0 radical (unpaired) electrons. The molecule has 8 N–H and O–H groups in total. The normalized spacial score (nSPS) is 17.6. The number of aryl methyl sites for hydroxylation is 1. The second-order valence-corrected chi connectivity index (χ2v) is 9.77. The maximum atomic E-state index is 13.6. The molecule has 0 saturated carbocycles. The molecule has 0 fully saturated rings.